The van der Waals surface area contributed by atoms with Crippen LogP contribution in [0.1, 0.15) is 42.2 Å². The SMILES string of the molecule is CC(=O)N1c2ccc(C(=O)NN)cc2C(Nc2ccc(Cl)cc2)CC1C. The monoisotopic (exact) mass is 372 g/mol. The second-order valence-corrected chi connectivity index (χ2v) is 6.86. The number of fused-ring (bicyclic) bond motifs is 1. The van der Waals surface area contributed by atoms with Gasteiger partial charge in [-0.3, -0.25) is 15.0 Å². The Bertz CT molecular complexity index is 838. The quantitative estimate of drug-likeness (QED) is 0.438. The van der Waals surface area contributed by atoms with Gasteiger partial charge in [-0.05, 0) is 61.4 Å². The van der Waals surface area contributed by atoms with E-state index in [9.17, 15) is 9.59 Å². The first-order valence-electron chi connectivity index (χ1n) is 8.37. The second-order valence-electron chi connectivity index (χ2n) is 6.42. The molecule has 2 aromatic carbocycles. The Labute approximate surface area is 157 Å². The fraction of sp³-hybridized carbons (Fsp3) is 0.263. The van der Waals surface area contributed by atoms with Crippen molar-refractivity contribution in [3.8, 4) is 0 Å². The van der Waals surface area contributed by atoms with Crippen LogP contribution in [0.4, 0.5) is 11.4 Å². The fourth-order valence-electron chi connectivity index (χ4n) is 3.45. The first-order valence-corrected chi connectivity index (χ1v) is 8.75. The minimum atomic E-state index is -0.369. The van der Waals surface area contributed by atoms with E-state index < -0.39 is 0 Å². The lowest BCUT2D eigenvalue weighted by Gasteiger charge is -2.39. The van der Waals surface area contributed by atoms with Crippen LogP contribution in [0.25, 0.3) is 0 Å². The van der Waals surface area contributed by atoms with Crippen molar-refractivity contribution in [3.05, 3.63) is 58.6 Å². The lowest BCUT2D eigenvalue weighted by molar-refractivity contribution is -0.117. The molecule has 7 heteroatoms. The molecule has 0 saturated carbocycles. The normalized spacial score (nSPS) is 18.8. The third-order valence-corrected chi connectivity index (χ3v) is 4.85. The van der Waals surface area contributed by atoms with Gasteiger partial charge in [-0.1, -0.05) is 11.6 Å². The average Bonchev–Trinajstić information content (AvgIpc) is 2.62. The van der Waals surface area contributed by atoms with Gasteiger partial charge in [-0.25, -0.2) is 5.84 Å². The lowest BCUT2D eigenvalue weighted by atomic mass is 9.90. The molecule has 4 N–H and O–H groups in total. The van der Waals surface area contributed by atoms with Crippen LogP contribution in [0.5, 0.6) is 0 Å². The Morgan fingerprint density at radius 1 is 1.19 bits per heavy atom. The summed E-state index contributed by atoms with van der Waals surface area (Å²) in [4.78, 5) is 25.8. The number of benzene rings is 2. The molecule has 0 fully saturated rings. The van der Waals surface area contributed by atoms with Crippen LogP contribution in [-0.2, 0) is 4.79 Å². The topological polar surface area (TPSA) is 87.5 Å². The highest BCUT2D eigenvalue weighted by molar-refractivity contribution is 6.30. The maximum atomic E-state index is 12.1. The Hall–Kier alpha value is -2.57. The van der Waals surface area contributed by atoms with E-state index in [1.54, 1.807) is 30.0 Å². The first-order chi connectivity index (χ1) is 12.4. The van der Waals surface area contributed by atoms with Crippen molar-refractivity contribution in [2.45, 2.75) is 32.4 Å². The molecular weight excluding hydrogens is 352 g/mol. The summed E-state index contributed by atoms with van der Waals surface area (Å²) in [6.45, 7) is 3.56. The summed E-state index contributed by atoms with van der Waals surface area (Å²) in [5, 5.41) is 4.14. The van der Waals surface area contributed by atoms with Crippen molar-refractivity contribution < 1.29 is 9.59 Å². The lowest BCUT2D eigenvalue weighted by Crippen LogP contribution is -2.43. The number of hydrazine groups is 1. The number of nitrogens with zero attached hydrogens (tertiary/aromatic N) is 1. The predicted octanol–water partition coefficient (Wildman–Crippen LogP) is 3.24. The number of hydrogen-bond acceptors (Lipinski definition) is 4. The Balaban J connectivity index is 2.03. The van der Waals surface area contributed by atoms with Crippen LogP contribution in [0.2, 0.25) is 5.02 Å². The number of amides is 2. The molecule has 0 aliphatic carbocycles. The maximum absolute atomic E-state index is 12.1. The largest absolute Gasteiger partial charge is 0.378 e. The molecule has 6 nitrogen and oxygen atoms in total. The van der Waals surface area contributed by atoms with Crippen molar-refractivity contribution in [1.82, 2.24) is 5.43 Å². The van der Waals surface area contributed by atoms with Gasteiger partial charge in [0.05, 0.1) is 6.04 Å². The average molecular weight is 373 g/mol. The van der Waals surface area contributed by atoms with Crippen LogP contribution in [0.3, 0.4) is 0 Å². The molecule has 136 valence electrons. The van der Waals surface area contributed by atoms with E-state index >= 15 is 0 Å². The molecule has 0 spiro atoms. The molecule has 0 saturated heterocycles. The number of carbonyl (C=O) groups is 2. The number of rotatable bonds is 3. The van der Waals surface area contributed by atoms with Gasteiger partial charge in [0.15, 0.2) is 0 Å². The fourth-order valence-corrected chi connectivity index (χ4v) is 3.58. The summed E-state index contributed by atoms with van der Waals surface area (Å²) in [5.41, 5.74) is 5.20. The van der Waals surface area contributed by atoms with E-state index in [1.165, 1.54) is 0 Å². The minimum Gasteiger partial charge on any atom is -0.378 e. The van der Waals surface area contributed by atoms with Crippen molar-refractivity contribution in [2.75, 3.05) is 10.2 Å². The van der Waals surface area contributed by atoms with E-state index in [0.717, 1.165) is 16.9 Å². The van der Waals surface area contributed by atoms with E-state index in [1.807, 2.05) is 31.2 Å². The van der Waals surface area contributed by atoms with Gasteiger partial charge in [-0.2, -0.15) is 0 Å². The molecule has 1 aliphatic rings. The van der Waals surface area contributed by atoms with E-state index in [2.05, 4.69) is 10.7 Å². The van der Waals surface area contributed by atoms with Crippen molar-refractivity contribution in [1.29, 1.82) is 0 Å². The van der Waals surface area contributed by atoms with E-state index in [-0.39, 0.29) is 23.9 Å². The molecule has 2 aromatic rings. The molecule has 1 aliphatic heterocycles. The molecule has 0 radical (unpaired) electrons. The molecule has 1 heterocycles. The number of hydrogen-bond donors (Lipinski definition) is 3. The third kappa shape index (κ3) is 3.52. The van der Waals surface area contributed by atoms with Gasteiger partial charge in [0.2, 0.25) is 5.91 Å². The van der Waals surface area contributed by atoms with E-state index in [0.29, 0.717) is 17.0 Å². The maximum Gasteiger partial charge on any atom is 0.265 e. The van der Waals surface area contributed by atoms with E-state index in [4.69, 9.17) is 17.4 Å². The predicted molar refractivity (Wildman–Crippen MR) is 103 cm³/mol. The summed E-state index contributed by atoms with van der Waals surface area (Å²) in [5.74, 6) is 4.86. The van der Waals surface area contributed by atoms with Gasteiger partial charge in [-0.15, -0.1) is 0 Å². The molecule has 0 bridgehead atoms. The zero-order chi connectivity index (χ0) is 18.8. The zero-order valence-electron chi connectivity index (χ0n) is 14.6. The van der Waals surface area contributed by atoms with Gasteiger partial charge in [0, 0.05) is 34.9 Å². The number of anilines is 2. The van der Waals surface area contributed by atoms with Crippen LogP contribution in [0, 0.1) is 0 Å². The molecule has 2 atom stereocenters. The standard InChI is InChI=1S/C19H21ClN4O2/c1-11-9-17(22-15-6-4-14(20)5-7-15)16-10-13(19(26)23-21)3-8-18(16)24(11)12(2)25/h3-8,10-11,17,22H,9,21H2,1-2H3,(H,23,26). The van der Waals surface area contributed by atoms with Crippen molar-refractivity contribution in [3.63, 3.8) is 0 Å². The number of nitrogens with one attached hydrogen (secondary N) is 2. The van der Waals surface area contributed by atoms with Gasteiger partial charge in [0.1, 0.15) is 0 Å². The van der Waals surface area contributed by atoms with Crippen LogP contribution in [0.15, 0.2) is 42.5 Å². The molecule has 2 unspecified atom stereocenters. The highest BCUT2D eigenvalue weighted by Gasteiger charge is 2.33. The summed E-state index contributed by atoms with van der Waals surface area (Å²) in [7, 11) is 0. The molecule has 0 aromatic heterocycles. The number of halogens is 1. The first kappa shape index (κ1) is 18.2. The number of nitrogens with two attached hydrogens (primary N) is 1. The summed E-state index contributed by atoms with van der Waals surface area (Å²) in [6.07, 6.45) is 0.711. The van der Waals surface area contributed by atoms with Crippen LogP contribution < -0.4 is 21.5 Å². The van der Waals surface area contributed by atoms with Gasteiger partial charge >= 0.3 is 0 Å². The summed E-state index contributed by atoms with van der Waals surface area (Å²) >= 11 is 5.96. The minimum absolute atomic E-state index is 0.0268. The summed E-state index contributed by atoms with van der Waals surface area (Å²) in [6, 6.07) is 12.7. The Morgan fingerprint density at radius 2 is 1.88 bits per heavy atom. The zero-order valence-corrected chi connectivity index (χ0v) is 15.4. The van der Waals surface area contributed by atoms with Crippen LogP contribution >= 0.6 is 11.6 Å². The van der Waals surface area contributed by atoms with Gasteiger partial charge in [0.25, 0.3) is 5.91 Å². The van der Waals surface area contributed by atoms with Gasteiger partial charge < -0.3 is 10.2 Å². The Morgan fingerprint density at radius 3 is 2.50 bits per heavy atom. The smallest absolute Gasteiger partial charge is 0.265 e. The molecule has 26 heavy (non-hydrogen) atoms. The van der Waals surface area contributed by atoms with Crippen molar-refractivity contribution in [2.24, 2.45) is 5.84 Å². The molecule has 2 amide bonds. The number of carbonyl (C=O) groups excluding carboxylic acids is 2. The molecular formula is C19H21ClN4O2. The molecule has 3 rings (SSSR count). The summed E-state index contributed by atoms with van der Waals surface area (Å²) < 4.78 is 0. The highest BCUT2D eigenvalue weighted by Crippen LogP contribution is 2.39. The highest BCUT2D eigenvalue weighted by atomic mass is 35.5. The third-order valence-electron chi connectivity index (χ3n) is 4.60. The van der Waals surface area contributed by atoms with Crippen LogP contribution in [-0.4, -0.2) is 17.9 Å². The number of nitrogen functional groups attached to an aromatic ring is 1. The second kappa shape index (κ2) is 7.35. The Kier molecular flexibility index (Phi) is 5.15. The van der Waals surface area contributed by atoms with Crippen molar-refractivity contribution >= 4 is 34.8 Å².